The van der Waals surface area contributed by atoms with E-state index in [1.165, 1.54) is 0 Å². The van der Waals surface area contributed by atoms with Crippen LogP contribution in [0.2, 0.25) is 0 Å². The zero-order valence-electron chi connectivity index (χ0n) is 22.4. The molecule has 40 heavy (non-hydrogen) atoms. The Morgan fingerprint density at radius 3 is 2.10 bits per heavy atom. The van der Waals surface area contributed by atoms with Crippen LogP contribution in [0.15, 0.2) is 127 Å². The number of rotatable bonds is 7. The Morgan fingerprint density at radius 1 is 0.875 bits per heavy atom. The molecule has 5 rings (SSSR count). The third-order valence-electron chi connectivity index (χ3n) is 5.44. The lowest BCUT2D eigenvalue weighted by Crippen LogP contribution is -2.12. The molecule has 0 unspecified atom stereocenters. The molecule has 5 aromatic rings. The fourth-order valence-electron chi connectivity index (χ4n) is 3.56. The first kappa shape index (κ1) is 29.7. The van der Waals surface area contributed by atoms with E-state index >= 15 is 0 Å². The maximum absolute atomic E-state index is 9.04. The first-order valence-corrected chi connectivity index (χ1v) is 12.9. The standard InChI is InChI=1S/C16H14N2O.C14H14N2O.C2H3ClO/c1-19-15-9-5-6-13(12-15)16-17-10-11-18(16)14-7-3-2-4-8-14;1-17-13-9-5-6-11(10-13)14(15)16-12-7-3-2-4-8-12;3-1-2-4/h2-12H,1H3;2-10H,1H3,(H2,15,16);2H,1H2. The number of hydrogen-bond donors (Lipinski definition) is 1. The van der Waals surface area contributed by atoms with Gasteiger partial charge >= 0.3 is 0 Å². The van der Waals surface area contributed by atoms with Crippen LogP contribution in [0.25, 0.3) is 17.1 Å². The van der Waals surface area contributed by atoms with Crippen LogP contribution >= 0.6 is 11.6 Å². The number of aromatic nitrogens is 2. The number of ether oxygens (including phenoxy) is 2. The molecule has 0 bridgehead atoms. The number of nitrogens with zero attached hydrogens (tertiary/aromatic N) is 3. The van der Waals surface area contributed by atoms with Crippen molar-refractivity contribution in [3.63, 3.8) is 0 Å². The van der Waals surface area contributed by atoms with Crippen LogP contribution in [-0.2, 0) is 4.79 Å². The number of methoxy groups -OCH3 is 2. The van der Waals surface area contributed by atoms with Crippen molar-refractivity contribution in [2.75, 3.05) is 20.1 Å². The van der Waals surface area contributed by atoms with Crippen molar-refractivity contribution < 1.29 is 14.3 Å². The van der Waals surface area contributed by atoms with Crippen molar-refractivity contribution in [1.29, 1.82) is 0 Å². The van der Waals surface area contributed by atoms with Crippen LogP contribution in [-0.4, -0.2) is 41.8 Å². The van der Waals surface area contributed by atoms with Gasteiger partial charge in [0.2, 0.25) is 0 Å². The summed E-state index contributed by atoms with van der Waals surface area (Å²) in [6.07, 6.45) is 4.41. The molecule has 0 saturated carbocycles. The van der Waals surface area contributed by atoms with E-state index in [0.29, 0.717) is 12.1 Å². The normalized spacial score (nSPS) is 10.3. The molecule has 1 aromatic heterocycles. The molecular formula is C32H31ClN4O3. The summed E-state index contributed by atoms with van der Waals surface area (Å²) in [5.41, 5.74) is 9.77. The quantitative estimate of drug-likeness (QED) is 0.104. The lowest BCUT2D eigenvalue weighted by atomic mass is 10.2. The van der Waals surface area contributed by atoms with Crippen molar-refractivity contribution in [1.82, 2.24) is 9.55 Å². The number of alkyl halides is 1. The molecule has 0 fully saturated rings. The van der Waals surface area contributed by atoms with Crippen molar-refractivity contribution in [2.24, 2.45) is 10.7 Å². The van der Waals surface area contributed by atoms with Gasteiger partial charge < -0.3 is 20.0 Å². The van der Waals surface area contributed by atoms with Gasteiger partial charge in [-0.1, -0.05) is 60.7 Å². The summed E-state index contributed by atoms with van der Waals surface area (Å²) in [7, 11) is 3.30. The number of carbonyl (C=O) groups is 1. The molecule has 0 aliphatic carbocycles. The van der Waals surface area contributed by atoms with Gasteiger partial charge in [0, 0.05) is 29.2 Å². The summed E-state index contributed by atoms with van der Waals surface area (Å²) in [6, 6.07) is 35.2. The molecule has 0 spiro atoms. The molecule has 2 N–H and O–H groups in total. The van der Waals surface area contributed by atoms with E-state index in [2.05, 4.69) is 26.7 Å². The van der Waals surface area contributed by atoms with Crippen molar-refractivity contribution >= 4 is 29.4 Å². The van der Waals surface area contributed by atoms with Crippen LogP contribution in [0, 0.1) is 0 Å². The summed E-state index contributed by atoms with van der Waals surface area (Å²) < 4.78 is 12.5. The first-order chi connectivity index (χ1) is 19.6. The Labute approximate surface area is 239 Å². The summed E-state index contributed by atoms with van der Waals surface area (Å²) in [4.78, 5) is 17.8. The number of amidine groups is 1. The molecule has 0 atom stereocenters. The van der Waals surface area contributed by atoms with E-state index in [4.69, 9.17) is 31.6 Å². The largest absolute Gasteiger partial charge is 0.497 e. The predicted octanol–water partition coefficient (Wildman–Crippen LogP) is 6.70. The van der Waals surface area contributed by atoms with Crippen LogP contribution in [0.1, 0.15) is 5.56 Å². The van der Waals surface area contributed by atoms with Gasteiger partial charge in [0.1, 0.15) is 29.4 Å². The minimum absolute atomic E-state index is 0.111. The molecule has 0 radical (unpaired) electrons. The van der Waals surface area contributed by atoms with E-state index in [9.17, 15) is 0 Å². The highest BCUT2D eigenvalue weighted by atomic mass is 35.5. The van der Waals surface area contributed by atoms with Gasteiger partial charge in [-0.2, -0.15) is 0 Å². The first-order valence-electron chi connectivity index (χ1n) is 12.4. The van der Waals surface area contributed by atoms with Gasteiger partial charge in [0.15, 0.2) is 0 Å². The van der Waals surface area contributed by atoms with Crippen LogP contribution in [0.5, 0.6) is 11.5 Å². The highest BCUT2D eigenvalue weighted by Crippen LogP contribution is 2.24. The second-order valence-corrected chi connectivity index (χ2v) is 8.38. The highest BCUT2D eigenvalue weighted by Gasteiger charge is 2.08. The molecular weight excluding hydrogens is 524 g/mol. The van der Waals surface area contributed by atoms with E-state index in [1.54, 1.807) is 14.2 Å². The minimum Gasteiger partial charge on any atom is -0.497 e. The molecule has 1 heterocycles. The van der Waals surface area contributed by atoms with Crippen molar-refractivity contribution in [3.05, 3.63) is 127 Å². The average Bonchev–Trinajstić information content (AvgIpc) is 3.53. The van der Waals surface area contributed by atoms with Gasteiger partial charge in [-0.05, 0) is 48.5 Å². The lowest BCUT2D eigenvalue weighted by Gasteiger charge is -2.08. The molecule has 7 nitrogen and oxygen atoms in total. The molecule has 0 aliphatic rings. The zero-order chi connectivity index (χ0) is 28.6. The van der Waals surface area contributed by atoms with E-state index in [-0.39, 0.29) is 5.88 Å². The molecule has 0 aliphatic heterocycles. The molecule has 204 valence electrons. The number of imidazole rings is 1. The molecule has 0 amide bonds. The van der Waals surface area contributed by atoms with Crippen molar-refractivity contribution in [3.8, 4) is 28.6 Å². The lowest BCUT2D eigenvalue weighted by molar-refractivity contribution is -0.105. The maximum atomic E-state index is 9.04. The number of halogens is 1. The minimum atomic E-state index is 0.111. The van der Waals surface area contributed by atoms with E-state index in [0.717, 1.165) is 39.8 Å². The van der Waals surface area contributed by atoms with Gasteiger partial charge in [0.25, 0.3) is 0 Å². The Hall–Kier alpha value is -4.88. The Balaban J connectivity index is 0.000000196. The Bertz CT molecular complexity index is 1490. The predicted molar refractivity (Wildman–Crippen MR) is 162 cm³/mol. The molecule has 8 heteroatoms. The number of aliphatic imine (C=N–C) groups is 1. The summed E-state index contributed by atoms with van der Waals surface area (Å²) in [5, 5.41) is 0. The number of hydrogen-bond acceptors (Lipinski definition) is 5. The fraction of sp³-hybridized carbons (Fsp3) is 0.0938. The summed E-state index contributed by atoms with van der Waals surface area (Å²) >= 11 is 4.82. The maximum Gasteiger partial charge on any atom is 0.144 e. The smallest absolute Gasteiger partial charge is 0.144 e. The third-order valence-corrected chi connectivity index (χ3v) is 5.56. The van der Waals surface area contributed by atoms with E-state index < -0.39 is 0 Å². The van der Waals surface area contributed by atoms with Gasteiger partial charge in [0.05, 0.1) is 25.8 Å². The monoisotopic (exact) mass is 554 g/mol. The second-order valence-electron chi connectivity index (χ2n) is 8.07. The van der Waals surface area contributed by atoms with Crippen molar-refractivity contribution in [2.45, 2.75) is 0 Å². The highest BCUT2D eigenvalue weighted by molar-refractivity contribution is 6.24. The summed E-state index contributed by atoms with van der Waals surface area (Å²) in [5.74, 6) is 3.11. The zero-order valence-corrected chi connectivity index (χ0v) is 23.1. The van der Waals surface area contributed by atoms with Crippen LogP contribution in [0.3, 0.4) is 0 Å². The van der Waals surface area contributed by atoms with Crippen LogP contribution in [0.4, 0.5) is 5.69 Å². The number of nitrogens with two attached hydrogens (primary N) is 1. The second kappa shape index (κ2) is 16.2. The number of benzene rings is 4. The average molecular weight is 555 g/mol. The number of carbonyl (C=O) groups excluding carboxylic acids is 1. The van der Waals surface area contributed by atoms with Crippen LogP contribution < -0.4 is 15.2 Å². The molecule has 4 aromatic carbocycles. The Kier molecular flexibility index (Phi) is 12.0. The number of aldehydes is 1. The fourth-order valence-corrected chi connectivity index (χ4v) is 3.56. The topological polar surface area (TPSA) is 91.7 Å². The van der Waals surface area contributed by atoms with Gasteiger partial charge in [-0.3, -0.25) is 4.57 Å². The summed E-state index contributed by atoms with van der Waals surface area (Å²) in [6.45, 7) is 0. The number of para-hydroxylation sites is 2. The van der Waals surface area contributed by atoms with E-state index in [1.807, 2.05) is 109 Å². The SMILES string of the molecule is COc1cccc(-c2nccn2-c2ccccc2)c1.COc1cccc(C(N)=Nc2ccccc2)c1.O=CCCl. The molecule has 0 saturated heterocycles. The van der Waals surface area contributed by atoms with Gasteiger partial charge in [-0.15, -0.1) is 11.6 Å². The Morgan fingerprint density at radius 2 is 1.48 bits per heavy atom. The van der Waals surface area contributed by atoms with Gasteiger partial charge in [-0.25, -0.2) is 9.98 Å². The third kappa shape index (κ3) is 8.85.